The molecule has 3 atom stereocenters. The molecule has 1 rings (SSSR count). The van der Waals surface area contributed by atoms with E-state index in [2.05, 4.69) is 0 Å². The Kier molecular flexibility index (Phi) is 3.23. The second-order valence-corrected chi connectivity index (χ2v) is 6.79. The smallest absolute Gasteiger partial charge is 0.324 e. The van der Waals surface area contributed by atoms with Crippen molar-refractivity contribution in [2.45, 2.75) is 36.0 Å². The van der Waals surface area contributed by atoms with Gasteiger partial charge in [0.05, 0.1) is 11.0 Å². The van der Waals surface area contributed by atoms with E-state index in [1.165, 1.54) is 0 Å². The molecule has 4 nitrogen and oxygen atoms in total. The normalized spacial score (nSPS) is 38.2. The Balaban J connectivity index is 2.62. The van der Waals surface area contributed by atoms with Crippen molar-refractivity contribution in [2.24, 2.45) is 5.73 Å². The molecule has 0 bridgehead atoms. The molecule has 0 saturated carbocycles. The van der Waals surface area contributed by atoms with Gasteiger partial charge in [-0.1, -0.05) is 6.92 Å². The Labute approximate surface area is 76.1 Å². The highest BCUT2D eigenvalue weighted by atomic mass is 32.2. The van der Waals surface area contributed by atoms with Gasteiger partial charge in [0.25, 0.3) is 0 Å². The molecule has 0 spiro atoms. The summed E-state index contributed by atoms with van der Waals surface area (Å²) in [5.74, 6) is 0. The maximum Gasteiger partial charge on any atom is 0.328 e. The van der Waals surface area contributed by atoms with Gasteiger partial charge >= 0.3 is 7.60 Å². The minimum absolute atomic E-state index is 0.119. The Morgan fingerprint density at radius 2 is 2.08 bits per heavy atom. The standard InChI is InChI=1S/C6H14NO3PS/c1-4-2-5(11(8,9)10)3-6(7)12-4/h4-6H,2-3,7H2,1H3,(H2,8,9,10). The van der Waals surface area contributed by atoms with Gasteiger partial charge in [-0.25, -0.2) is 0 Å². The highest BCUT2D eigenvalue weighted by Gasteiger charge is 2.35. The Bertz CT molecular complexity index is 197. The summed E-state index contributed by atoms with van der Waals surface area (Å²) in [5.41, 5.74) is 5.11. The second kappa shape index (κ2) is 3.68. The molecule has 1 saturated heterocycles. The van der Waals surface area contributed by atoms with Crippen LogP contribution in [0.15, 0.2) is 0 Å². The quantitative estimate of drug-likeness (QED) is 0.557. The van der Waals surface area contributed by atoms with Crippen molar-refractivity contribution in [3.8, 4) is 0 Å². The molecule has 1 aliphatic rings. The molecule has 1 heterocycles. The monoisotopic (exact) mass is 211 g/mol. The van der Waals surface area contributed by atoms with Gasteiger partial charge in [0.1, 0.15) is 0 Å². The topological polar surface area (TPSA) is 83.5 Å². The summed E-state index contributed by atoms with van der Waals surface area (Å²) < 4.78 is 10.9. The second-order valence-electron chi connectivity index (χ2n) is 3.20. The molecular formula is C6H14NO3PS. The number of rotatable bonds is 1. The van der Waals surface area contributed by atoms with Crippen molar-refractivity contribution in [3.05, 3.63) is 0 Å². The maximum absolute atomic E-state index is 10.9. The summed E-state index contributed by atoms with van der Waals surface area (Å²) >= 11 is 1.60. The van der Waals surface area contributed by atoms with Crippen LogP contribution < -0.4 is 5.73 Å². The lowest BCUT2D eigenvalue weighted by Crippen LogP contribution is -2.32. The van der Waals surface area contributed by atoms with Gasteiger partial charge in [-0.05, 0) is 12.8 Å². The highest BCUT2D eigenvalue weighted by molar-refractivity contribution is 8.00. The average molecular weight is 211 g/mol. The lowest BCUT2D eigenvalue weighted by atomic mass is 10.2. The van der Waals surface area contributed by atoms with E-state index in [-0.39, 0.29) is 10.6 Å². The molecule has 0 aliphatic carbocycles. The van der Waals surface area contributed by atoms with Gasteiger partial charge in [0, 0.05) is 5.25 Å². The fourth-order valence-corrected chi connectivity index (χ4v) is 4.09. The average Bonchev–Trinajstić information content (AvgIpc) is 1.82. The molecule has 0 radical (unpaired) electrons. The summed E-state index contributed by atoms with van der Waals surface area (Å²) in [6.45, 7) is 1.95. The first kappa shape index (κ1) is 10.5. The van der Waals surface area contributed by atoms with Crippen LogP contribution in [0.5, 0.6) is 0 Å². The molecular weight excluding hydrogens is 197 g/mol. The maximum atomic E-state index is 10.9. The van der Waals surface area contributed by atoms with E-state index in [0.29, 0.717) is 12.8 Å². The third-order valence-electron chi connectivity index (χ3n) is 1.99. The van der Waals surface area contributed by atoms with Crippen LogP contribution >= 0.6 is 19.4 Å². The fraction of sp³-hybridized carbons (Fsp3) is 1.00. The summed E-state index contributed by atoms with van der Waals surface area (Å²) in [4.78, 5) is 17.8. The van der Waals surface area contributed by atoms with E-state index >= 15 is 0 Å². The van der Waals surface area contributed by atoms with Gasteiger partial charge in [0.2, 0.25) is 0 Å². The summed E-state index contributed by atoms with van der Waals surface area (Å²) in [6.07, 6.45) is 1.00. The van der Waals surface area contributed by atoms with Gasteiger partial charge in [-0.15, -0.1) is 11.8 Å². The number of hydrogen-bond donors (Lipinski definition) is 3. The van der Waals surface area contributed by atoms with Gasteiger partial charge in [0.15, 0.2) is 0 Å². The molecule has 72 valence electrons. The predicted octanol–water partition coefficient (Wildman–Crippen LogP) is 0.733. The van der Waals surface area contributed by atoms with Crippen molar-refractivity contribution in [1.82, 2.24) is 0 Å². The Morgan fingerprint density at radius 1 is 1.50 bits per heavy atom. The molecule has 0 aromatic heterocycles. The Morgan fingerprint density at radius 3 is 2.50 bits per heavy atom. The minimum Gasteiger partial charge on any atom is -0.324 e. The lowest BCUT2D eigenvalue weighted by molar-refractivity contribution is 0.348. The first-order valence-corrected chi connectivity index (χ1v) is 6.48. The van der Waals surface area contributed by atoms with Crippen LogP contribution in [-0.4, -0.2) is 26.1 Å². The molecule has 1 fully saturated rings. The van der Waals surface area contributed by atoms with E-state index in [1.807, 2.05) is 6.92 Å². The van der Waals surface area contributed by atoms with Crippen LogP contribution in [-0.2, 0) is 4.57 Å². The largest absolute Gasteiger partial charge is 0.328 e. The van der Waals surface area contributed by atoms with Crippen LogP contribution in [0.2, 0.25) is 0 Å². The summed E-state index contributed by atoms with van der Waals surface area (Å²) in [6, 6.07) is 0. The Hall–Kier alpha value is 0.460. The molecule has 1 aliphatic heterocycles. The van der Waals surface area contributed by atoms with Crippen molar-refractivity contribution in [1.29, 1.82) is 0 Å². The first-order valence-electron chi connectivity index (χ1n) is 3.86. The van der Waals surface area contributed by atoms with Crippen molar-refractivity contribution in [3.63, 3.8) is 0 Å². The van der Waals surface area contributed by atoms with Crippen LogP contribution in [0.3, 0.4) is 0 Å². The van der Waals surface area contributed by atoms with Gasteiger partial charge < -0.3 is 15.5 Å². The molecule has 0 aromatic carbocycles. The molecule has 3 unspecified atom stereocenters. The first-order chi connectivity index (χ1) is 5.39. The van der Waals surface area contributed by atoms with E-state index < -0.39 is 13.3 Å². The molecule has 0 aromatic rings. The van der Waals surface area contributed by atoms with E-state index in [0.717, 1.165) is 0 Å². The van der Waals surface area contributed by atoms with Gasteiger partial charge in [-0.2, -0.15) is 0 Å². The minimum atomic E-state index is -3.91. The fourth-order valence-electron chi connectivity index (χ4n) is 1.43. The SMILES string of the molecule is CC1CC(P(=O)(O)O)CC(N)S1. The zero-order valence-corrected chi connectivity index (χ0v) is 8.59. The van der Waals surface area contributed by atoms with E-state index in [9.17, 15) is 4.57 Å². The number of thioether (sulfide) groups is 1. The molecule has 6 heteroatoms. The van der Waals surface area contributed by atoms with Crippen molar-refractivity contribution >= 4 is 19.4 Å². The van der Waals surface area contributed by atoms with Crippen LogP contribution in [0, 0.1) is 0 Å². The molecule has 12 heavy (non-hydrogen) atoms. The van der Waals surface area contributed by atoms with Crippen LogP contribution in [0.1, 0.15) is 19.8 Å². The molecule has 0 amide bonds. The highest BCUT2D eigenvalue weighted by Crippen LogP contribution is 2.49. The van der Waals surface area contributed by atoms with E-state index in [4.69, 9.17) is 15.5 Å². The van der Waals surface area contributed by atoms with Gasteiger partial charge in [-0.3, -0.25) is 4.57 Å². The third kappa shape index (κ3) is 2.75. The number of hydrogen-bond acceptors (Lipinski definition) is 3. The predicted molar refractivity (Wildman–Crippen MR) is 50.1 cm³/mol. The van der Waals surface area contributed by atoms with Crippen molar-refractivity contribution < 1.29 is 14.4 Å². The van der Waals surface area contributed by atoms with E-state index in [1.54, 1.807) is 11.8 Å². The summed E-state index contributed by atoms with van der Waals surface area (Å²) in [5, 5.41) is 0.137. The zero-order valence-electron chi connectivity index (χ0n) is 6.88. The van der Waals surface area contributed by atoms with Crippen LogP contribution in [0.25, 0.3) is 0 Å². The summed E-state index contributed by atoms with van der Waals surface area (Å²) in [7, 11) is -3.91. The number of nitrogens with two attached hydrogens (primary N) is 1. The lowest BCUT2D eigenvalue weighted by Gasteiger charge is -2.30. The van der Waals surface area contributed by atoms with Crippen LogP contribution in [0.4, 0.5) is 0 Å². The van der Waals surface area contributed by atoms with Crippen molar-refractivity contribution in [2.75, 3.05) is 0 Å². The third-order valence-corrected chi connectivity index (χ3v) is 4.56. The molecule has 4 N–H and O–H groups in total. The zero-order chi connectivity index (χ0) is 9.35.